The molecule has 1 aromatic rings. The van der Waals surface area contributed by atoms with Crippen molar-refractivity contribution in [2.75, 3.05) is 18.4 Å². The summed E-state index contributed by atoms with van der Waals surface area (Å²) in [4.78, 5) is 28.3. The summed E-state index contributed by atoms with van der Waals surface area (Å²) >= 11 is 0. The molecule has 2 N–H and O–H groups in total. The van der Waals surface area contributed by atoms with Gasteiger partial charge in [0.25, 0.3) is 0 Å². The average Bonchev–Trinajstić information content (AvgIpc) is 2.38. The standard InChI is InChI=1S/C13H17N3O3/c1-3-8-16(9-4-2)13(19)15-10-6-5-7-14-11(10)12(17)18/h3,5-7H,1,4,8-9H2,2H3,(H,15,19)(H,17,18). The number of nitrogens with zero attached hydrogens (tertiary/aromatic N) is 2. The molecule has 6 heteroatoms. The lowest BCUT2D eigenvalue weighted by atomic mass is 10.3. The van der Waals surface area contributed by atoms with Gasteiger partial charge in [-0.1, -0.05) is 13.0 Å². The van der Waals surface area contributed by atoms with E-state index in [1.807, 2.05) is 6.92 Å². The van der Waals surface area contributed by atoms with E-state index in [9.17, 15) is 9.59 Å². The summed E-state index contributed by atoms with van der Waals surface area (Å²) in [5, 5.41) is 11.5. The number of carbonyl (C=O) groups excluding carboxylic acids is 1. The molecule has 0 atom stereocenters. The molecular formula is C13H17N3O3. The van der Waals surface area contributed by atoms with Crippen LogP contribution in [-0.2, 0) is 0 Å². The fourth-order valence-electron chi connectivity index (χ4n) is 1.57. The SMILES string of the molecule is C=CCN(CCC)C(=O)Nc1cccnc1C(=O)O. The summed E-state index contributed by atoms with van der Waals surface area (Å²) < 4.78 is 0. The highest BCUT2D eigenvalue weighted by Gasteiger charge is 2.16. The van der Waals surface area contributed by atoms with Crippen molar-refractivity contribution in [3.8, 4) is 0 Å². The number of amides is 2. The van der Waals surface area contributed by atoms with Gasteiger partial charge in [0.2, 0.25) is 0 Å². The third-order valence-corrected chi connectivity index (χ3v) is 2.38. The fraction of sp³-hybridized carbons (Fsp3) is 0.308. The van der Waals surface area contributed by atoms with Crippen molar-refractivity contribution >= 4 is 17.7 Å². The van der Waals surface area contributed by atoms with E-state index in [-0.39, 0.29) is 17.4 Å². The highest BCUT2D eigenvalue weighted by molar-refractivity contribution is 5.98. The first-order chi connectivity index (χ1) is 9.10. The summed E-state index contributed by atoms with van der Waals surface area (Å²) in [5.41, 5.74) is 0.0102. The van der Waals surface area contributed by atoms with E-state index >= 15 is 0 Å². The van der Waals surface area contributed by atoms with Crippen LogP contribution in [0.15, 0.2) is 31.0 Å². The van der Waals surface area contributed by atoms with Crippen LogP contribution in [0.2, 0.25) is 0 Å². The fourth-order valence-corrected chi connectivity index (χ4v) is 1.57. The molecule has 0 aliphatic heterocycles. The average molecular weight is 263 g/mol. The maximum Gasteiger partial charge on any atom is 0.356 e. The number of nitrogens with one attached hydrogen (secondary N) is 1. The Morgan fingerprint density at radius 1 is 1.58 bits per heavy atom. The number of aromatic nitrogens is 1. The Bertz CT molecular complexity index is 474. The molecule has 0 bridgehead atoms. The summed E-state index contributed by atoms with van der Waals surface area (Å²) in [5.74, 6) is -1.18. The molecule has 0 saturated carbocycles. The van der Waals surface area contributed by atoms with Gasteiger partial charge in [0.15, 0.2) is 5.69 Å². The topological polar surface area (TPSA) is 82.5 Å². The highest BCUT2D eigenvalue weighted by atomic mass is 16.4. The Labute approximate surface area is 111 Å². The number of hydrogen-bond donors (Lipinski definition) is 2. The van der Waals surface area contributed by atoms with Gasteiger partial charge in [0, 0.05) is 19.3 Å². The largest absolute Gasteiger partial charge is 0.476 e. The number of rotatable bonds is 6. The Morgan fingerprint density at radius 3 is 2.89 bits per heavy atom. The molecule has 0 saturated heterocycles. The van der Waals surface area contributed by atoms with Gasteiger partial charge in [-0.05, 0) is 18.6 Å². The van der Waals surface area contributed by atoms with E-state index in [1.165, 1.54) is 12.3 Å². The number of carbonyl (C=O) groups is 2. The van der Waals surface area contributed by atoms with Crippen LogP contribution in [-0.4, -0.2) is 40.1 Å². The van der Waals surface area contributed by atoms with Crippen LogP contribution < -0.4 is 5.32 Å². The van der Waals surface area contributed by atoms with Crippen molar-refractivity contribution in [3.05, 3.63) is 36.7 Å². The number of carboxylic acid groups (broad SMARTS) is 1. The molecule has 0 aliphatic rings. The van der Waals surface area contributed by atoms with Crippen molar-refractivity contribution in [1.29, 1.82) is 0 Å². The van der Waals surface area contributed by atoms with Crippen molar-refractivity contribution in [1.82, 2.24) is 9.88 Å². The molecule has 102 valence electrons. The second kappa shape index (κ2) is 7.15. The molecule has 6 nitrogen and oxygen atoms in total. The lowest BCUT2D eigenvalue weighted by molar-refractivity contribution is 0.0691. The molecule has 0 unspecified atom stereocenters. The number of aromatic carboxylic acids is 1. The maximum atomic E-state index is 12.0. The Morgan fingerprint density at radius 2 is 2.32 bits per heavy atom. The zero-order valence-corrected chi connectivity index (χ0v) is 10.8. The van der Waals surface area contributed by atoms with E-state index in [0.717, 1.165) is 6.42 Å². The number of hydrogen-bond acceptors (Lipinski definition) is 3. The predicted molar refractivity (Wildman–Crippen MR) is 72.3 cm³/mol. The zero-order chi connectivity index (χ0) is 14.3. The second-order valence-electron chi connectivity index (χ2n) is 3.87. The van der Waals surface area contributed by atoms with Gasteiger partial charge in [-0.3, -0.25) is 0 Å². The van der Waals surface area contributed by atoms with Gasteiger partial charge in [-0.15, -0.1) is 6.58 Å². The van der Waals surface area contributed by atoms with Gasteiger partial charge in [0.1, 0.15) is 0 Å². The van der Waals surface area contributed by atoms with E-state index < -0.39 is 5.97 Å². The van der Waals surface area contributed by atoms with Crippen molar-refractivity contribution < 1.29 is 14.7 Å². The number of anilines is 1. The molecule has 0 spiro atoms. The number of pyridine rings is 1. The van der Waals surface area contributed by atoms with Crippen LogP contribution in [0.25, 0.3) is 0 Å². The van der Waals surface area contributed by atoms with Crippen molar-refractivity contribution in [2.45, 2.75) is 13.3 Å². The molecule has 19 heavy (non-hydrogen) atoms. The molecule has 0 fully saturated rings. The third kappa shape index (κ3) is 4.09. The first kappa shape index (κ1) is 14.7. The van der Waals surface area contributed by atoms with Crippen molar-refractivity contribution in [2.24, 2.45) is 0 Å². The van der Waals surface area contributed by atoms with E-state index in [1.54, 1.807) is 17.0 Å². The quantitative estimate of drug-likeness (QED) is 0.771. The number of urea groups is 1. The molecule has 1 aromatic heterocycles. The second-order valence-corrected chi connectivity index (χ2v) is 3.87. The molecule has 2 amide bonds. The minimum absolute atomic E-state index is 0.175. The molecule has 0 aromatic carbocycles. The van der Waals surface area contributed by atoms with E-state index in [4.69, 9.17) is 5.11 Å². The summed E-state index contributed by atoms with van der Waals surface area (Å²) in [7, 11) is 0. The monoisotopic (exact) mass is 263 g/mol. The smallest absolute Gasteiger partial charge is 0.356 e. The van der Waals surface area contributed by atoms with Crippen LogP contribution in [0.4, 0.5) is 10.5 Å². The normalized spacial score (nSPS) is 9.74. The van der Waals surface area contributed by atoms with Crippen LogP contribution in [0, 0.1) is 0 Å². The Hall–Kier alpha value is -2.37. The van der Waals surface area contributed by atoms with Gasteiger partial charge >= 0.3 is 12.0 Å². The van der Waals surface area contributed by atoms with Crippen LogP contribution in [0.5, 0.6) is 0 Å². The minimum atomic E-state index is -1.18. The minimum Gasteiger partial charge on any atom is -0.476 e. The molecule has 1 heterocycles. The first-order valence-corrected chi connectivity index (χ1v) is 5.95. The number of carboxylic acids is 1. The maximum absolute atomic E-state index is 12.0. The van der Waals surface area contributed by atoms with Gasteiger partial charge < -0.3 is 15.3 Å². The van der Waals surface area contributed by atoms with E-state index in [0.29, 0.717) is 13.1 Å². The van der Waals surface area contributed by atoms with Gasteiger partial charge in [-0.2, -0.15) is 0 Å². The lowest BCUT2D eigenvalue weighted by Gasteiger charge is -2.21. The van der Waals surface area contributed by atoms with Gasteiger partial charge in [0.05, 0.1) is 5.69 Å². The Kier molecular flexibility index (Phi) is 5.53. The predicted octanol–water partition coefficient (Wildman–Crippen LogP) is 2.21. The van der Waals surface area contributed by atoms with Crippen LogP contribution in [0.3, 0.4) is 0 Å². The van der Waals surface area contributed by atoms with E-state index in [2.05, 4.69) is 16.9 Å². The first-order valence-electron chi connectivity index (χ1n) is 5.95. The summed E-state index contributed by atoms with van der Waals surface area (Å²) in [6, 6.07) is 2.71. The highest BCUT2D eigenvalue weighted by Crippen LogP contribution is 2.13. The Balaban J connectivity index is 2.85. The third-order valence-electron chi connectivity index (χ3n) is 2.38. The lowest BCUT2D eigenvalue weighted by Crippen LogP contribution is -2.36. The van der Waals surface area contributed by atoms with Gasteiger partial charge in [-0.25, -0.2) is 14.6 Å². The summed E-state index contributed by atoms with van der Waals surface area (Å²) in [6.45, 7) is 6.52. The molecule has 1 rings (SSSR count). The molecule has 0 aliphatic carbocycles. The molecular weight excluding hydrogens is 246 g/mol. The van der Waals surface area contributed by atoms with Crippen LogP contribution >= 0.6 is 0 Å². The zero-order valence-electron chi connectivity index (χ0n) is 10.8. The van der Waals surface area contributed by atoms with Crippen LogP contribution in [0.1, 0.15) is 23.8 Å². The summed E-state index contributed by atoms with van der Waals surface area (Å²) in [6.07, 6.45) is 3.79. The van der Waals surface area contributed by atoms with Crippen molar-refractivity contribution in [3.63, 3.8) is 0 Å². The molecule has 0 radical (unpaired) electrons.